The predicted molar refractivity (Wildman–Crippen MR) is 63.4 cm³/mol. The Morgan fingerprint density at radius 2 is 1.45 bits per heavy atom. The van der Waals surface area contributed by atoms with Gasteiger partial charge in [0.2, 0.25) is 0 Å². The SMILES string of the molecule is [B][B]B(B([B])[B])B(C)B([B])[B]. The van der Waals surface area contributed by atoms with Crippen LogP contribution >= 0.6 is 0 Å². The Bertz CT molecular complexity index is 97.0. The van der Waals surface area contributed by atoms with Gasteiger partial charge in [0, 0.05) is 71.4 Å². The lowest BCUT2D eigenvalue weighted by Crippen LogP contribution is -2.60. The highest BCUT2D eigenvalue weighted by molar-refractivity contribution is 7.95. The normalized spacial score (nSPS) is 8.45. The molecule has 0 aliphatic carbocycles. The molecule has 10 heteroatoms. The van der Waals surface area contributed by atoms with Gasteiger partial charge in [-0.05, 0) is 0 Å². The van der Waals surface area contributed by atoms with Crippen molar-refractivity contribution in [1.29, 1.82) is 0 Å². The zero-order chi connectivity index (χ0) is 9.02. The third-order valence-corrected chi connectivity index (χ3v) is 1.88. The average Bonchev–Trinajstić information content (AvgIpc) is 1.88. The van der Waals surface area contributed by atoms with E-state index in [-0.39, 0.29) is 12.9 Å². The van der Waals surface area contributed by atoms with E-state index >= 15 is 0 Å². The van der Waals surface area contributed by atoms with E-state index in [0.717, 1.165) is 0 Å². The van der Waals surface area contributed by atoms with Crippen LogP contribution in [0, 0.1) is 0 Å². The summed E-state index contributed by atoms with van der Waals surface area (Å²) in [6.07, 6.45) is -1.06. The van der Waals surface area contributed by atoms with Gasteiger partial charge in [0.05, 0.1) is 0 Å². The van der Waals surface area contributed by atoms with Crippen LogP contribution in [0.15, 0.2) is 0 Å². The molecule has 11 radical (unpaired) electrons. The molecular formula is CH3B10. The van der Waals surface area contributed by atoms with E-state index in [1.165, 1.54) is 7.06 Å². The summed E-state index contributed by atoms with van der Waals surface area (Å²) in [5.41, 5.74) is 0. The van der Waals surface area contributed by atoms with Crippen LogP contribution in [0.1, 0.15) is 0 Å². The molecule has 0 N–H and O–H groups in total. The summed E-state index contributed by atoms with van der Waals surface area (Å²) in [5.74, 6) is 0. The second kappa shape index (κ2) is 5.32. The van der Waals surface area contributed by atoms with Crippen LogP contribution in [0.2, 0.25) is 6.82 Å². The zero-order valence-corrected chi connectivity index (χ0v) is 6.77. The molecule has 0 atom stereocenters. The highest BCUT2D eigenvalue weighted by Gasteiger charge is 2.26. The van der Waals surface area contributed by atoms with E-state index in [0.29, 0.717) is 0 Å². The molecule has 11 heavy (non-hydrogen) atoms. The molecule has 0 rings (SSSR count). The Balaban J connectivity index is 4.02. The fraction of sp³-hybridized carbons (Fsp3) is 1.00. The highest BCUT2D eigenvalue weighted by atomic mass is 13.2. The summed E-state index contributed by atoms with van der Waals surface area (Å²) < 4.78 is 0. The monoisotopic (exact) mass is 125 g/mol. The zero-order valence-electron chi connectivity index (χ0n) is 6.77. The third-order valence-electron chi connectivity index (χ3n) is 1.88. The molecule has 0 heterocycles. The largest absolute Gasteiger partial charge is 0.101 e. The van der Waals surface area contributed by atoms with E-state index in [4.69, 9.17) is 38.7 Å². The fourth-order valence-corrected chi connectivity index (χ4v) is 0.911. The summed E-state index contributed by atoms with van der Waals surface area (Å²) in [6, 6.07) is 0. The van der Waals surface area contributed by atoms with Gasteiger partial charge in [0.25, 0.3) is 0 Å². The van der Waals surface area contributed by atoms with Crippen LogP contribution in [0.4, 0.5) is 0 Å². The summed E-state index contributed by atoms with van der Waals surface area (Å²) in [4.78, 5) is 0. The van der Waals surface area contributed by atoms with Gasteiger partial charge in [-0.15, -0.1) is 6.82 Å². The minimum atomic E-state index is -0.496. The lowest BCUT2D eigenvalue weighted by Gasteiger charge is -2.23. The molecule has 0 aliphatic heterocycles. The molecule has 0 fully saturated rings. The summed E-state index contributed by atoms with van der Waals surface area (Å²) >= 11 is 0. The smallest absolute Gasteiger partial charge is 0.0413 e. The van der Waals surface area contributed by atoms with E-state index in [1.54, 1.807) is 0 Å². The Morgan fingerprint density at radius 3 is 1.55 bits per heavy atom. The molecule has 0 aromatic rings. The van der Waals surface area contributed by atoms with Crippen molar-refractivity contribution in [3.05, 3.63) is 0 Å². The van der Waals surface area contributed by atoms with Crippen LogP contribution in [0.3, 0.4) is 0 Å². The molecule has 0 spiro atoms. The molecule has 37 valence electrons. The lowest BCUT2D eigenvalue weighted by atomic mass is 8.60. The van der Waals surface area contributed by atoms with Crippen molar-refractivity contribution in [3.63, 3.8) is 0 Å². The molecule has 0 aromatic heterocycles. The first kappa shape index (κ1) is 11.6. The van der Waals surface area contributed by atoms with Crippen LogP contribution in [-0.4, -0.2) is 71.4 Å². The molecule has 0 aliphatic rings. The van der Waals surface area contributed by atoms with Gasteiger partial charge in [-0.1, -0.05) is 0 Å². The third kappa shape index (κ3) is 3.71. The van der Waals surface area contributed by atoms with Gasteiger partial charge in [0.1, 0.15) is 0 Å². The van der Waals surface area contributed by atoms with E-state index in [1.807, 2.05) is 6.82 Å². The lowest BCUT2D eigenvalue weighted by molar-refractivity contribution is 2.33. The van der Waals surface area contributed by atoms with Gasteiger partial charge < -0.3 is 0 Å². The quantitative estimate of drug-likeness (QED) is 0.345. The molecule has 0 aromatic carbocycles. The van der Waals surface area contributed by atoms with Gasteiger partial charge in [-0.2, -0.15) is 0 Å². The molecule has 0 amide bonds. The maximum atomic E-state index is 5.44. The molecule has 0 saturated carbocycles. The van der Waals surface area contributed by atoms with Crippen molar-refractivity contribution < 1.29 is 0 Å². The second-order valence-corrected chi connectivity index (χ2v) is 2.78. The second-order valence-electron chi connectivity index (χ2n) is 2.78. The summed E-state index contributed by atoms with van der Waals surface area (Å²) in [6.45, 7) is 1.87. The van der Waals surface area contributed by atoms with Gasteiger partial charge in [-0.3, -0.25) is 0 Å². The Morgan fingerprint density at radius 1 is 1.00 bits per heavy atom. The van der Waals surface area contributed by atoms with Crippen molar-refractivity contribution in [2.75, 3.05) is 0 Å². The van der Waals surface area contributed by atoms with Crippen LogP contribution in [0.5, 0.6) is 0 Å². The molecule has 0 unspecified atom stereocenters. The Labute approximate surface area is 78.6 Å². The van der Waals surface area contributed by atoms with E-state index < -0.39 is 12.8 Å². The number of rotatable bonds is 4. The van der Waals surface area contributed by atoms with Crippen molar-refractivity contribution in [3.8, 4) is 0 Å². The minimum Gasteiger partial charge on any atom is -0.101 e. The minimum absolute atomic E-state index is 0.000000000000000222. The van der Waals surface area contributed by atoms with Crippen LogP contribution < -0.4 is 0 Å². The number of hydrogen-bond donors (Lipinski definition) is 0. The molecular weight excluding hydrogens is 120 g/mol. The van der Waals surface area contributed by atoms with Crippen LogP contribution in [0.25, 0.3) is 0 Å². The van der Waals surface area contributed by atoms with Crippen molar-refractivity contribution in [2.45, 2.75) is 6.82 Å². The van der Waals surface area contributed by atoms with Crippen molar-refractivity contribution in [2.24, 2.45) is 0 Å². The van der Waals surface area contributed by atoms with E-state index in [9.17, 15) is 0 Å². The average molecular weight is 123 g/mol. The molecule has 0 bridgehead atoms. The number of hydrogen-bond acceptors (Lipinski definition) is 0. The van der Waals surface area contributed by atoms with Gasteiger partial charge >= 0.3 is 0 Å². The highest BCUT2D eigenvalue weighted by Crippen LogP contribution is 1.91. The first-order valence-corrected chi connectivity index (χ1v) is 3.58. The van der Waals surface area contributed by atoms with Crippen LogP contribution in [-0.2, 0) is 0 Å². The van der Waals surface area contributed by atoms with Gasteiger partial charge in [0.15, 0.2) is 0 Å². The Kier molecular flexibility index (Phi) is 5.64. The first-order valence-electron chi connectivity index (χ1n) is 3.58. The fourth-order valence-electron chi connectivity index (χ4n) is 0.911. The topological polar surface area (TPSA) is 0 Å². The standard InChI is InChI=1S/CH3B10/c1-8(9(3)4)11(7-2)10(5)6/h1H3. The molecule has 0 saturated heterocycles. The van der Waals surface area contributed by atoms with E-state index in [2.05, 4.69) is 0 Å². The first-order chi connectivity index (χ1) is 5.00. The predicted octanol–water partition coefficient (Wildman–Crippen LogP) is -3.22. The summed E-state index contributed by atoms with van der Waals surface area (Å²) in [5, 5.41) is 0. The van der Waals surface area contributed by atoms with Crippen molar-refractivity contribution >= 4 is 71.4 Å². The maximum absolute atomic E-state index is 5.44. The van der Waals surface area contributed by atoms with Gasteiger partial charge in [-0.25, -0.2) is 0 Å². The molecule has 0 nitrogen and oxygen atoms in total. The Hall–Kier alpha value is 0.649. The maximum Gasteiger partial charge on any atom is 0.0413 e. The summed E-state index contributed by atoms with van der Waals surface area (Å²) in [7, 11) is 28.5. The van der Waals surface area contributed by atoms with Crippen molar-refractivity contribution in [1.82, 2.24) is 0 Å².